The first-order chi connectivity index (χ1) is 17.5. The average Bonchev–Trinajstić information content (AvgIpc) is 2.79. The highest BCUT2D eigenvalue weighted by molar-refractivity contribution is 6.48. The second kappa shape index (κ2) is 13.1. The van der Waals surface area contributed by atoms with Gasteiger partial charge in [-0.15, -0.1) is 0 Å². The van der Waals surface area contributed by atoms with E-state index >= 15 is 0 Å². The van der Waals surface area contributed by atoms with E-state index in [1.165, 1.54) is 6.92 Å². The predicted molar refractivity (Wildman–Crippen MR) is 135 cm³/mol. The molecule has 0 radical (unpaired) electrons. The van der Waals surface area contributed by atoms with Crippen molar-refractivity contribution in [3.8, 4) is 0 Å². The van der Waals surface area contributed by atoms with E-state index < -0.39 is 41.5 Å². The van der Waals surface area contributed by atoms with Crippen LogP contribution in [0.1, 0.15) is 66.1 Å². The van der Waals surface area contributed by atoms with Crippen LogP contribution in [0, 0.1) is 0 Å². The van der Waals surface area contributed by atoms with Gasteiger partial charge in [0, 0.05) is 6.42 Å². The van der Waals surface area contributed by atoms with Gasteiger partial charge in [-0.25, -0.2) is 0 Å². The smallest absolute Gasteiger partial charge is 0.336 e. The molecule has 0 saturated carbocycles. The Balaban J connectivity index is 2.36. The Morgan fingerprint density at radius 3 is 2.11 bits per heavy atom. The molecule has 2 N–H and O–H groups in total. The number of unbranched alkanes of at least 4 members (excludes halogenated alkanes) is 1. The maximum absolute atomic E-state index is 13.8. The number of hydrogen-bond donors (Lipinski definition) is 2. The van der Waals surface area contributed by atoms with E-state index in [2.05, 4.69) is 10.6 Å². The third-order valence-corrected chi connectivity index (χ3v) is 6.47. The molecule has 0 aliphatic heterocycles. The van der Waals surface area contributed by atoms with Crippen molar-refractivity contribution >= 4 is 52.7 Å². The zero-order valence-electron chi connectivity index (χ0n) is 20.0. The van der Waals surface area contributed by atoms with Crippen molar-refractivity contribution in [2.75, 3.05) is 0 Å². The number of amides is 2. The van der Waals surface area contributed by atoms with Gasteiger partial charge in [-0.1, -0.05) is 66.4 Å². The first-order valence-corrected chi connectivity index (χ1v) is 12.4. The Bertz CT molecular complexity index is 1180. The summed E-state index contributed by atoms with van der Waals surface area (Å²) in [5.74, 6) is -3.75. The molecular formula is C25H23Cl3F6N2O2. The van der Waals surface area contributed by atoms with Gasteiger partial charge in [-0.3, -0.25) is 9.59 Å². The summed E-state index contributed by atoms with van der Waals surface area (Å²) in [6.07, 6.45) is -7.73. The number of carbonyl (C=O) groups is 2. The summed E-state index contributed by atoms with van der Waals surface area (Å²) in [7, 11) is 0. The van der Waals surface area contributed by atoms with Gasteiger partial charge >= 0.3 is 12.4 Å². The molecule has 0 bridgehead atoms. The molecule has 0 saturated heterocycles. The second-order valence-electron chi connectivity index (χ2n) is 8.35. The average molecular weight is 604 g/mol. The molecule has 2 amide bonds. The van der Waals surface area contributed by atoms with Gasteiger partial charge < -0.3 is 10.6 Å². The Kier molecular flexibility index (Phi) is 10.9. The van der Waals surface area contributed by atoms with Crippen LogP contribution < -0.4 is 10.6 Å². The summed E-state index contributed by atoms with van der Waals surface area (Å²) in [6.45, 7) is 3.26. The quantitative estimate of drug-likeness (QED) is 0.172. The number of hydrogen-bond acceptors (Lipinski definition) is 2. The van der Waals surface area contributed by atoms with Crippen LogP contribution in [0.3, 0.4) is 0 Å². The van der Waals surface area contributed by atoms with Gasteiger partial charge in [-0.05, 0) is 48.7 Å². The lowest BCUT2D eigenvalue weighted by molar-refractivity contribution is -0.139. The van der Waals surface area contributed by atoms with Crippen LogP contribution in [0.5, 0.6) is 0 Å². The molecule has 2 rings (SSSR count). The molecule has 208 valence electrons. The van der Waals surface area contributed by atoms with Crippen molar-refractivity contribution in [3.63, 3.8) is 0 Å². The van der Waals surface area contributed by atoms with Gasteiger partial charge in [0.1, 0.15) is 0 Å². The summed E-state index contributed by atoms with van der Waals surface area (Å²) in [5.41, 5.74) is -2.72. The highest BCUT2D eigenvalue weighted by Gasteiger charge is 2.40. The normalized spacial score (nSPS) is 13.9. The largest absolute Gasteiger partial charge is 0.417 e. The lowest BCUT2D eigenvalue weighted by Crippen LogP contribution is -2.46. The number of benzene rings is 2. The SMILES string of the molecule is CCCCC(=O)N[C@@H](C)NC(=O)c1ccc(/C=C/C(c2cc(Cl)c(Cl)c(Cl)c2)C(F)(F)F)cc1C(F)(F)F. The lowest BCUT2D eigenvalue weighted by Gasteiger charge is -2.19. The first kappa shape index (κ1) is 31.8. The number of carbonyl (C=O) groups excluding carboxylic acids is 2. The minimum Gasteiger partial charge on any atom is -0.336 e. The van der Waals surface area contributed by atoms with Gasteiger partial charge in [-0.2, -0.15) is 26.3 Å². The van der Waals surface area contributed by atoms with Crippen molar-refractivity contribution < 1.29 is 35.9 Å². The van der Waals surface area contributed by atoms with Crippen molar-refractivity contribution in [3.05, 3.63) is 73.7 Å². The van der Waals surface area contributed by atoms with E-state index in [4.69, 9.17) is 34.8 Å². The highest BCUT2D eigenvalue weighted by Crippen LogP contribution is 2.41. The van der Waals surface area contributed by atoms with Crippen LogP contribution in [-0.4, -0.2) is 24.2 Å². The minimum absolute atomic E-state index is 0.138. The molecule has 2 aromatic carbocycles. The van der Waals surface area contributed by atoms with E-state index in [-0.39, 0.29) is 38.5 Å². The summed E-state index contributed by atoms with van der Waals surface area (Å²) in [6, 6.07) is 4.41. The molecule has 13 heteroatoms. The van der Waals surface area contributed by atoms with E-state index in [9.17, 15) is 35.9 Å². The number of nitrogens with one attached hydrogen (secondary N) is 2. The van der Waals surface area contributed by atoms with Crippen molar-refractivity contribution in [1.29, 1.82) is 0 Å². The Morgan fingerprint density at radius 1 is 0.974 bits per heavy atom. The Morgan fingerprint density at radius 2 is 1.58 bits per heavy atom. The summed E-state index contributed by atoms with van der Waals surface area (Å²) < 4.78 is 82.6. The second-order valence-corrected chi connectivity index (χ2v) is 9.54. The van der Waals surface area contributed by atoms with Crippen molar-refractivity contribution in [2.24, 2.45) is 0 Å². The first-order valence-electron chi connectivity index (χ1n) is 11.2. The van der Waals surface area contributed by atoms with Gasteiger partial charge in [0.05, 0.1) is 38.3 Å². The minimum atomic E-state index is -5.00. The molecule has 2 aromatic rings. The monoisotopic (exact) mass is 602 g/mol. The Hall–Kier alpha value is -2.43. The van der Waals surface area contributed by atoms with E-state index in [0.717, 1.165) is 36.8 Å². The maximum Gasteiger partial charge on any atom is 0.417 e. The zero-order valence-corrected chi connectivity index (χ0v) is 22.3. The van der Waals surface area contributed by atoms with Crippen molar-refractivity contribution in [1.82, 2.24) is 10.6 Å². The fourth-order valence-electron chi connectivity index (χ4n) is 3.43. The van der Waals surface area contributed by atoms with Gasteiger partial charge in [0.15, 0.2) is 0 Å². The van der Waals surface area contributed by atoms with Gasteiger partial charge in [0.25, 0.3) is 5.91 Å². The lowest BCUT2D eigenvalue weighted by atomic mass is 9.96. The van der Waals surface area contributed by atoms with E-state index in [0.29, 0.717) is 18.6 Å². The maximum atomic E-state index is 13.8. The summed E-state index contributed by atoms with van der Waals surface area (Å²) in [5, 5.41) is 4.15. The van der Waals surface area contributed by atoms with Crippen LogP contribution >= 0.6 is 34.8 Å². The molecule has 1 unspecified atom stereocenters. The molecule has 4 nitrogen and oxygen atoms in total. The topological polar surface area (TPSA) is 58.2 Å². The number of allylic oxidation sites excluding steroid dienone is 1. The molecule has 0 fully saturated rings. The van der Waals surface area contributed by atoms with E-state index in [1.54, 1.807) is 0 Å². The van der Waals surface area contributed by atoms with Gasteiger partial charge in [0.2, 0.25) is 5.91 Å². The molecular weight excluding hydrogens is 581 g/mol. The van der Waals surface area contributed by atoms with E-state index in [1.807, 2.05) is 6.92 Å². The number of alkyl halides is 6. The van der Waals surface area contributed by atoms with Crippen molar-refractivity contribution in [2.45, 2.75) is 57.5 Å². The molecule has 0 aliphatic rings. The molecule has 0 aliphatic carbocycles. The Labute approximate surface area is 230 Å². The van der Waals surface area contributed by atoms with Crippen LogP contribution in [0.4, 0.5) is 26.3 Å². The fourth-order valence-corrected chi connectivity index (χ4v) is 4.04. The summed E-state index contributed by atoms with van der Waals surface area (Å²) >= 11 is 17.5. The predicted octanol–water partition coefficient (Wildman–Crippen LogP) is 8.41. The zero-order chi connectivity index (χ0) is 28.8. The highest BCUT2D eigenvalue weighted by atomic mass is 35.5. The number of rotatable bonds is 9. The van der Waals surface area contributed by atoms with Crippen LogP contribution in [-0.2, 0) is 11.0 Å². The molecule has 0 aromatic heterocycles. The standard InChI is InChI=1S/C25H23Cl3F6N2O2/c1-3-4-5-21(37)35-13(2)36-23(38)16-8-6-14(10-18(16)25(32,33)34)7-9-17(24(29,30)31)15-11-19(26)22(28)20(27)12-15/h6-13,17H,3-5H2,1-2H3,(H,35,37)(H,36,38)/b9-7+/t13-,17?/m1/s1. The summed E-state index contributed by atoms with van der Waals surface area (Å²) in [4.78, 5) is 24.3. The third kappa shape index (κ3) is 8.81. The fraction of sp³-hybridized carbons (Fsp3) is 0.360. The molecule has 2 atom stereocenters. The van der Waals surface area contributed by atoms with Crippen LogP contribution in [0.25, 0.3) is 6.08 Å². The van der Waals surface area contributed by atoms with Crippen LogP contribution in [0.15, 0.2) is 36.4 Å². The molecule has 0 heterocycles. The third-order valence-electron chi connectivity index (χ3n) is 5.28. The molecule has 0 spiro atoms. The number of halogens is 9. The molecule has 38 heavy (non-hydrogen) atoms. The van der Waals surface area contributed by atoms with Crippen LogP contribution in [0.2, 0.25) is 15.1 Å².